The van der Waals surface area contributed by atoms with Gasteiger partial charge in [0.2, 0.25) is 5.91 Å². The fraction of sp³-hybridized carbons (Fsp3) is 0.619. The smallest absolute Gasteiger partial charge is 0.220 e. The van der Waals surface area contributed by atoms with Crippen LogP contribution in [0.5, 0.6) is 0 Å². The van der Waals surface area contributed by atoms with Gasteiger partial charge >= 0.3 is 0 Å². The molecular weight excluding hydrogens is 312 g/mol. The number of aryl methyl sites for hydroxylation is 1. The lowest BCUT2D eigenvalue weighted by Gasteiger charge is -2.32. The Hall–Kier alpha value is -1.68. The minimum absolute atomic E-state index is 0.00453. The van der Waals surface area contributed by atoms with Crippen molar-refractivity contribution in [2.45, 2.75) is 64.8 Å². The summed E-state index contributed by atoms with van der Waals surface area (Å²) < 4.78 is 0. The van der Waals surface area contributed by atoms with Crippen molar-refractivity contribution in [3.63, 3.8) is 0 Å². The summed E-state index contributed by atoms with van der Waals surface area (Å²) in [5.74, 6) is 0.0564. The van der Waals surface area contributed by atoms with E-state index in [2.05, 4.69) is 24.1 Å². The van der Waals surface area contributed by atoms with E-state index in [-0.39, 0.29) is 30.6 Å². The van der Waals surface area contributed by atoms with E-state index in [9.17, 15) is 9.59 Å². The second-order valence-electron chi connectivity index (χ2n) is 7.05. The summed E-state index contributed by atoms with van der Waals surface area (Å²) in [6.45, 7) is 7.60. The molecule has 0 saturated carbocycles. The van der Waals surface area contributed by atoms with Crippen molar-refractivity contribution in [1.82, 2.24) is 10.2 Å². The van der Waals surface area contributed by atoms with Gasteiger partial charge < -0.3 is 10.2 Å². The summed E-state index contributed by atoms with van der Waals surface area (Å²) in [7, 11) is 0. The van der Waals surface area contributed by atoms with Crippen LogP contribution in [0.2, 0.25) is 0 Å². The predicted octanol–water partition coefficient (Wildman–Crippen LogP) is 3.59. The van der Waals surface area contributed by atoms with Gasteiger partial charge in [0.25, 0.3) is 0 Å². The molecule has 0 unspecified atom stereocenters. The average molecular weight is 344 g/mol. The normalized spacial score (nSPS) is 15.9. The Balaban J connectivity index is 1.70. The Morgan fingerprint density at radius 3 is 2.32 bits per heavy atom. The minimum atomic E-state index is 0.00453. The molecule has 0 radical (unpaired) electrons. The van der Waals surface area contributed by atoms with E-state index in [0.717, 1.165) is 45.3 Å². The lowest BCUT2D eigenvalue weighted by Crippen LogP contribution is -2.44. The first-order chi connectivity index (χ1) is 12.1. The number of rotatable bonds is 9. The van der Waals surface area contributed by atoms with E-state index in [1.165, 1.54) is 12.0 Å². The van der Waals surface area contributed by atoms with Crippen LogP contribution in [0.25, 0.3) is 0 Å². The fourth-order valence-electron chi connectivity index (χ4n) is 3.43. The minimum Gasteiger partial charge on any atom is -0.353 e. The van der Waals surface area contributed by atoms with Crippen LogP contribution in [0.4, 0.5) is 0 Å². The lowest BCUT2D eigenvalue weighted by atomic mass is 10.0. The number of ketones is 1. The third kappa shape index (κ3) is 6.62. The Morgan fingerprint density at radius 1 is 1.04 bits per heavy atom. The van der Waals surface area contributed by atoms with Crippen molar-refractivity contribution in [3.05, 3.63) is 35.4 Å². The van der Waals surface area contributed by atoms with E-state index >= 15 is 0 Å². The summed E-state index contributed by atoms with van der Waals surface area (Å²) in [4.78, 5) is 26.8. The second-order valence-corrected chi connectivity index (χ2v) is 7.05. The number of piperidine rings is 1. The number of hydrogen-bond donors (Lipinski definition) is 1. The highest BCUT2D eigenvalue weighted by atomic mass is 16.2. The van der Waals surface area contributed by atoms with Gasteiger partial charge in [0.05, 0.1) is 0 Å². The topological polar surface area (TPSA) is 49.4 Å². The molecule has 0 atom stereocenters. The fourth-order valence-corrected chi connectivity index (χ4v) is 3.43. The third-order valence-corrected chi connectivity index (χ3v) is 4.89. The molecule has 4 nitrogen and oxygen atoms in total. The molecule has 0 aliphatic carbocycles. The molecule has 1 saturated heterocycles. The zero-order valence-electron chi connectivity index (χ0n) is 15.7. The number of hydrogen-bond acceptors (Lipinski definition) is 3. The van der Waals surface area contributed by atoms with Crippen molar-refractivity contribution in [3.8, 4) is 0 Å². The van der Waals surface area contributed by atoms with Gasteiger partial charge in [0.15, 0.2) is 5.78 Å². The predicted molar refractivity (Wildman–Crippen MR) is 102 cm³/mol. The van der Waals surface area contributed by atoms with Crippen LogP contribution in [0, 0.1) is 0 Å². The summed E-state index contributed by atoms with van der Waals surface area (Å²) in [6, 6.07) is 8.06. The summed E-state index contributed by atoms with van der Waals surface area (Å²) >= 11 is 0. The molecule has 1 aliphatic heterocycles. The van der Waals surface area contributed by atoms with E-state index in [0.29, 0.717) is 5.56 Å². The van der Waals surface area contributed by atoms with Gasteiger partial charge in [-0.1, -0.05) is 44.5 Å². The number of nitrogens with one attached hydrogen (secondary N) is 1. The van der Waals surface area contributed by atoms with Gasteiger partial charge in [0.1, 0.15) is 0 Å². The molecule has 1 aromatic carbocycles. The van der Waals surface area contributed by atoms with Crippen LogP contribution in [-0.2, 0) is 11.2 Å². The second kappa shape index (κ2) is 10.3. The highest BCUT2D eigenvalue weighted by Gasteiger charge is 2.20. The number of amides is 1. The van der Waals surface area contributed by atoms with Gasteiger partial charge in [-0.15, -0.1) is 0 Å². The first-order valence-corrected chi connectivity index (χ1v) is 9.76. The van der Waals surface area contributed by atoms with Gasteiger partial charge in [-0.05, 0) is 37.8 Å². The molecular formula is C21H32N2O2. The largest absolute Gasteiger partial charge is 0.353 e. The molecule has 2 rings (SSSR count). The molecule has 1 fully saturated rings. The first-order valence-electron chi connectivity index (χ1n) is 9.76. The Labute approximate surface area is 152 Å². The van der Waals surface area contributed by atoms with E-state index in [1.807, 2.05) is 24.3 Å². The van der Waals surface area contributed by atoms with Crippen LogP contribution in [0.15, 0.2) is 24.3 Å². The standard InChI is InChI=1S/C21H32N2O2/c1-3-5-17-6-8-18(9-7-17)20(24)10-11-21(25)22-19-12-15-23(14-4-2)16-13-19/h6-9,19H,3-5,10-16H2,1-2H3,(H,22,25). The SMILES string of the molecule is CCCc1ccc(C(=O)CCC(=O)NC2CCN(CCC)CC2)cc1. The van der Waals surface area contributed by atoms with Crippen molar-refractivity contribution in [2.24, 2.45) is 0 Å². The Kier molecular flexibility index (Phi) is 8.13. The molecule has 25 heavy (non-hydrogen) atoms. The number of nitrogens with zero attached hydrogens (tertiary/aromatic N) is 1. The van der Waals surface area contributed by atoms with E-state index in [1.54, 1.807) is 0 Å². The number of benzene rings is 1. The zero-order valence-corrected chi connectivity index (χ0v) is 15.7. The monoisotopic (exact) mass is 344 g/mol. The van der Waals surface area contributed by atoms with E-state index < -0.39 is 0 Å². The lowest BCUT2D eigenvalue weighted by molar-refractivity contribution is -0.122. The summed E-state index contributed by atoms with van der Waals surface area (Å²) in [5.41, 5.74) is 1.96. The van der Waals surface area contributed by atoms with Crippen LogP contribution in [-0.4, -0.2) is 42.3 Å². The van der Waals surface area contributed by atoms with Gasteiger partial charge in [-0.25, -0.2) is 0 Å². The molecule has 1 amide bonds. The van der Waals surface area contributed by atoms with Crippen molar-refractivity contribution >= 4 is 11.7 Å². The average Bonchev–Trinajstić information content (AvgIpc) is 2.62. The zero-order chi connectivity index (χ0) is 18.1. The highest BCUT2D eigenvalue weighted by molar-refractivity contribution is 5.98. The Morgan fingerprint density at radius 2 is 1.72 bits per heavy atom. The molecule has 138 valence electrons. The van der Waals surface area contributed by atoms with Gasteiger partial charge in [-0.2, -0.15) is 0 Å². The molecule has 1 N–H and O–H groups in total. The molecule has 0 spiro atoms. The summed E-state index contributed by atoms with van der Waals surface area (Å²) in [5, 5.41) is 3.10. The van der Waals surface area contributed by atoms with Crippen LogP contribution < -0.4 is 5.32 Å². The highest BCUT2D eigenvalue weighted by Crippen LogP contribution is 2.12. The number of likely N-dealkylation sites (tertiary alicyclic amines) is 1. The maximum atomic E-state index is 12.2. The van der Waals surface area contributed by atoms with Crippen molar-refractivity contribution in [1.29, 1.82) is 0 Å². The maximum Gasteiger partial charge on any atom is 0.220 e. The Bertz CT molecular complexity index is 546. The van der Waals surface area contributed by atoms with Crippen molar-refractivity contribution in [2.75, 3.05) is 19.6 Å². The third-order valence-electron chi connectivity index (χ3n) is 4.89. The number of carbonyl (C=O) groups is 2. The first kappa shape index (κ1) is 19.6. The van der Waals surface area contributed by atoms with E-state index in [4.69, 9.17) is 0 Å². The summed E-state index contributed by atoms with van der Waals surface area (Å²) in [6.07, 6.45) is 5.91. The molecule has 1 aromatic rings. The van der Waals surface area contributed by atoms with Crippen LogP contribution >= 0.6 is 0 Å². The number of carbonyl (C=O) groups excluding carboxylic acids is 2. The molecule has 0 aromatic heterocycles. The van der Waals surface area contributed by atoms with Crippen LogP contribution in [0.3, 0.4) is 0 Å². The quantitative estimate of drug-likeness (QED) is 0.697. The molecule has 1 aliphatic rings. The van der Waals surface area contributed by atoms with Crippen molar-refractivity contribution < 1.29 is 9.59 Å². The van der Waals surface area contributed by atoms with Crippen LogP contribution in [0.1, 0.15) is 68.3 Å². The molecule has 0 bridgehead atoms. The van der Waals surface area contributed by atoms with Gasteiger partial charge in [-0.3, -0.25) is 9.59 Å². The van der Waals surface area contributed by atoms with Gasteiger partial charge in [0, 0.05) is 37.5 Å². The number of Topliss-reactive ketones (excluding diaryl/α,β-unsaturated/α-hetero) is 1. The maximum absolute atomic E-state index is 12.2. The molecule has 1 heterocycles. The molecule has 4 heteroatoms.